The molecule has 10 nitrogen and oxygen atoms in total. The van der Waals surface area contributed by atoms with Gasteiger partial charge in [-0.15, -0.1) is 0 Å². The standard InChI is InChI=1S/C30H24O10/c1-38-23-10-8-16(15-5-3-4-6-17(15)23)18(12-24(35)39-2)25-21(33)13-22(34)26-27(36)28(37)29(40-30(25)26)14-7-9-19(31)20(32)11-14/h3-11,13,18,31-34,37H,12H2,1-2H3/t18-/m0/s1. The van der Waals surface area contributed by atoms with E-state index >= 15 is 0 Å². The summed E-state index contributed by atoms with van der Waals surface area (Å²) >= 11 is 0. The van der Waals surface area contributed by atoms with Crippen LogP contribution in [-0.2, 0) is 9.53 Å². The van der Waals surface area contributed by atoms with Gasteiger partial charge in [-0.25, -0.2) is 0 Å². The minimum absolute atomic E-state index is 0.0186. The second kappa shape index (κ2) is 10.1. The molecule has 204 valence electrons. The molecule has 10 heteroatoms. The number of phenolic OH excluding ortho intramolecular Hbond substituents is 4. The van der Waals surface area contributed by atoms with Gasteiger partial charge >= 0.3 is 5.97 Å². The largest absolute Gasteiger partial charge is 0.507 e. The number of fused-ring (bicyclic) bond motifs is 2. The lowest BCUT2D eigenvalue weighted by Gasteiger charge is -2.22. The predicted molar refractivity (Wildman–Crippen MR) is 145 cm³/mol. The smallest absolute Gasteiger partial charge is 0.306 e. The van der Waals surface area contributed by atoms with Gasteiger partial charge < -0.3 is 39.4 Å². The van der Waals surface area contributed by atoms with E-state index in [-0.39, 0.29) is 23.1 Å². The van der Waals surface area contributed by atoms with Crippen LogP contribution in [0, 0.1) is 0 Å². The van der Waals surface area contributed by atoms with Gasteiger partial charge in [-0.3, -0.25) is 9.59 Å². The molecule has 5 N–H and O–H groups in total. The summed E-state index contributed by atoms with van der Waals surface area (Å²) in [5, 5.41) is 53.2. The van der Waals surface area contributed by atoms with Gasteiger partial charge in [0.25, 0.3) is 0 Å². The fourth-order valence-electron chi connectivity index (χ4n) is 4.94. The van der Waals surface area contributed by atoms with E-state index in [1.165, 1.54) is 20.3 Å². The molecule has 5 rings (SSSR count). The highest BCUT2D eigenvalue weighted by Crippen LogP contribution is 2.46. The maximum atomic E-state index is 13.3. The summed E-state index contributed by atoms with van der Waals surface area (Å²) in [6.45, 7) is 0. The monoisotopic (exact) mass is 544 g/mol. The molecule has 4 aromatic carbocycles. The summed E-state index contributed by atoms with van der Waals surface area (Å²) in [5.74, 6) is -4.39. The Kier molecular flexibility index (Phi) is 6.60. The third-order valence-corrected chi connectivity index (χ3v) is 6.84. The molecule has 0 radical (unpaired) electrons. The van der Waals surface area contributed by atoms with Crippen molar-refractivity contribution in [3.05, 3.63) is 82.0 Å². The fourth-order valence-corrected chi connectivity index (χ4v) is 4.94. The van der Waals surface area contributed by atoms with Gasteiger partial charge in [-0.1, -0.05) is 30.3 Å². The Morgan fingerprint density at radius 1 is 0.850 bits per heavy atom. The molecule has 5 aromatic rings. The van der Waals surface area contributed by atoms with Gasteiger partial charge in [0, 0.05) is 28.5 Å². The highest BCUT2D eigenvalue weighted by atomic mass is 16.5. The highest BCUT2D eigenvalue weighted by Gasteiger charge is 2.31. The lowest BCUT2D eigenvalue weighted by Crippen LogP contribution is -2.13. The van der Waals surface area contributed by atoms with Crippen molar-refractivity contribution in [3.63, 3.8) is 0 Å². The first kappa shape index (κ1) is 26.2. The van der Waals surface area contributed by atoms with Gasteiger partial charge in [-0.05, 0) is 35.2 Å². The number of benzene rings is 4. The summed E-state index contributed by atoms with van der Waals surface area (Å²) in [7, 11) is 2.74. The molecule has 0 spiro atoms. The number of hydrogen-bond donors (Lipinski definition) is 5. The van der Waals surface area contributed by atoms with E-state index in [0.717, 1.165) is 23.6 Å². The maximum Gasteiger partial charge on any atom is 0.306 e. The molecule has 0 aliphatic heterocycles. The SMILES string of the molecule is COC(=O)C[C@@H](c1ccc(OC)c2ccccc12)c1c(O)cc(O)c2c(=O)c(O)c(-c3ccc(O)c(O)c3)oc12. The van der Waals surface area contributed by atoms with Crippen LogP contribution >= 0.6 is 0 Å². The van der Waals surface area contributed by atoms with E-state index in [2.05, 4.69) is 0 Å². The number of carbonyl (C=O) groups excluding carboxylic acids is 1. The van der Waals surface area contributed by atoms with Crippen molar-refractivity contribution in [1.29, 1.82) is 0 Å². The third-order valence-electron chi connectivity index (χ3n) is 6.84. The number of hydrogen-bond acceptors (Lipinski definition) is 10. The molecule has 0 saturated heterocycles. The molecule has 0 fully saturated rings. The van der Waals surface area contributed by atoms with Gasteiger partial charge in [0.1, 0.15) is 28.2 Å². The maximum absolute atomic E-state index is 13.3. The highest BCUT2D eigenvalue weighted by molar-refractivity contribution is 5.95. The van der Waals surface area contributed by atoms with E-state index in [4.69, 9.17) is 13.9 Å². The Bertz CT molecular complexity index is 1850. The van der Waals surface area contributed by atoms with E-state index < -0.39 is 57.2 Å². The van der Waals surface area contributed by atoms with Crippen LogP contribution in [0.15, 0.2) is 69.9 Å². The average molecular weight is 545 g/mol. The van der Waals surface area contributed by atoms with Crippen molar-refractivity contribution in [3.8, 4) is 45.8 Å². The van der Waals surface area contributed by atoms with Crippen molar-refractivity contribution < 1.29 is 44.2 Å². The van der Waals surface area contributed by atoms with Crippen molar-refractivity contribution in [2.24, 2.45) is 0 Å². The number of rotatable bonds is 6. The summed E-state index contributed by atoms with van der Waals surface area (Å²) in [4.78, 5) is 26.0. The summed E-state index contributed by atoms with van der Waals surface area (Å²) in [6, 6.07) is 15.1. The Labute approximate surface area is 226 Å². The van der Waals surface area contributed by atoms with Gasteiger partial charge in [0.2, 0.25) is 11.2 Å². The number of esters is 1. The molecule has 0 amide bonds. The summed E-state index contributed by atoms with van der Waals surface area (Å²) in [5.41, 5.74) is -0.742. The molecule has 0 unspecified atom stereocenters. The molecule has 0 aliphatic rings. The van der Waals surface area contributed by atoms with E-state index in [1.807, 2.05) is 18.2 Å². The normalized spacial score (nSPS) is 11.9. The van der Waals surface area contributed by atoms with E-state index in [0.29, 0.717) is 16.7 Å². The zero-order valence-electron chi connectivity index (χ0n) is 21.3. The van der Waals surface area contributed by atoms with E-state index in [1.54, 1.807) is 18.2 Å². The molecular weight excluding hydrogens is 520 g/mol. The van der Waals surface area contributed by atoms with Crippen LogP contribution in [0.2, 0.25) is 0 Å². The van der Waals surface area contributed by atoms with Crippen LogP contribution in [0.5, 0.6) is 34.5 Å². The van der Waals surface area contributed by atoms with E-state index in [9.17, 15) is 35.1 Å². The van der Waals surface area contributed by atoms with Crippen LogP contribution in [0.3, 0.4) is 0 Å². The molecule has 1 atom stereocenters. The third kappa shape index (κ3) is 4.25. The van der Waals surface area contributed by atoms with Crippen molar-refractivity contribution >= 4 is 27.7 Å². The molecule has 0 bridgehead atoms. The minimum Gasteiger partial charge on any atom is -0.507 e. The molecule has 0 saturated carbocycles. The topological polar surface area (TPSA) is 167 Å². The number of phenols is 4. The quantitative estimate of drug-likeness (QED) is 0.147. The van der Waals surface area contributed by atoms with Crippen molar-refractivity contribution in [1.82, 2.24) is 0 Å². The zero-order chi connectivity index (χ0) is 28.7. The molecule has 0 aliphatic carbocycles. The summed E-state index contributed by atoms with van der Waals surface area (Å²) < 4.78 is 16.4. The minimum atomic E-state index is -1.01. The Morgan fingerprint density at radius 3 is 2.25 bits per heavy atom. The van der Waals surface area contributed by atoms with Crippen LogP contribution in [0.1, 0.15) is 23.5 Å². The van der Waals surface area contributed by atoms with Gasteiger partial charge in [0.15, 0.2) is 17.3 Å². The summed E-state index contributed by atoms with van der Waals surface area (Å²) in [6.07, 6.45) is -0.291. The Balaban J connectivity index is 1.89. The predicted octanol–water partition coefficient (Wildman–Crippen LogP) is 4.84. The Morgan fingerprint density at radius 2 is 1.57 bits per heavy atom. The molecule has 1 heterocycles. The zero-order valence-corrected chi connectivity index (χ0v) is 21.3. The second-order valence-electron chi connectivity index (χ2n) is 9.08. The van der Waals surface area contributed by atoms with Crippen LogP contribution in [0.4, 0.5) is 0 Å². The van der Waals surface area contributed by atoms with Gasteiger partial charge in [-0.2, -0.15) is 0 Å². The Hall–Kier alpha value is -5.38. The van der Waals surface area contributed by atoms with Crippen LogP contribution in [0.25, 0.3) is 33.1 Å². The number of ether oxygens (including phenoxy) is 2. The number of carbonyl (C=O) groups is 1. The second-order valence-corrected chi connectivity index (χ2v) is 9.08. The first-order valence-electron chi connectivity index (χ1n) is 12.1. The number of methoxy groups -OCH3 is 2. The van der Waals surface area contributed by atoms with Crippen molar-refractivity contribution in [2.75, 3.05) is 14.2 Å². The first-order valence-corrected chi connectivity index (χ1v) is 12.1. The molecule has 1 aromatic heterocycles. The lowest BCUT2D eigenvalue weighted by molar-refractivity contribution is -0.140. The molecular formula is C30H24O10. The lowest BCUT2D eigenvalue weighted by atomic mass is 9.83. The molecule has 40 heavy (non-hydrogen) atoms. The first-order chi connectivity index (χ1) is 19.2. The van der Waals surface area contributed by atoms with Gasteiger partial charge in [0.05, 0.1) is 20.6 Å². The van der Waals surface area contributed by atoms with Crippen molar-refractivity contribution in [2.45, 2.75) is 12.3 Å². The van der Waals surface area contributed by atoms with Crippen LogP contribution < -0.4 is 10.2 Å². The van der Waals surface area contributed by atoms with Crippen LogP contribution in [-0.4, -0.2) is 45.7 Å². The fraction of sp³-hybridized carbons (Fsp3) is 0.133. The number of aromatic hydroxyl groups is 5. The average Bonchev–Trinajstić information content (AvgIpc) is 2.94.